The average molecular weight is 375 g/mol. The number of hydrogen-bond acceptors (Lipinski definition) is 4. The van der Waals surface area contributed by atoms with Crippen molar-refractivity contribution in [2.75, 3.05) is 13.2 Å². The number of guanidine groups is 1. The van der Waals surface area contributed by atoms with Crippen molar-refractivity contribution in [2.24, 2.45) is 10.9 Å². The number of ether oxygens (including phenoxy) is 1. The number of aliphatic imine (C=N–C) groups is 1. The molecule has 0 aliphatic carbocycles. The zero-order chi connectivity index (χ0) is 18.9. The SMILES string of the molecule is CCNC(=NCc1ccccc1OCC(C)C)NCc1sc(C)nc1C. The highest BCUT2D eigenvalue weighted by atomic mass is 32.1. The number of para-hydroxylation sites is 1. The molecule has 0 atom stereocenters. The van der Waals surface area contributed by atoms with Crippen molar-refractivity contribution in [3.63, 3.8) is 0 Å². The van der Waals surface area contributed by atoms with Gasteiger partial charge in [-0.15, -0.1) is 11.3 Å². The lowest BCUT2D eigenvalue weighted by Crippen LogP contribution is -2.36. The first kappa shape index (κ1) is 20.2. The summed E-state index contributed by atoms with van der Waals surface area (Å²) in [6, 6.07) is 8.11. The van der Waals surface area contributed by atoms with Crippen LogP contribution in [0, 0.1) is 19.8 Å². The third-order valence-electron chi connectivity index (χ3n) is 3.71. The molecule has 0 unspecified atom stereocenters. The van der Waals surface area contributed by atoms with E-state index in [2.05, 4.69) is 42.5 Å². The Morgan fingerprint density at radius 1 is 1.23 bits per heavy atom. The summed E-state index contributed by atoms with van der Waals surface area (Å²) >= 11 is 1.72. The Morgan fingerprint density at radius 2 is 2.00 bits per heavy atom. The summed E-state index contributed by atoms with van der Waals surface area (Å²) in [4.78, 5) is 10.4. The van der Waals surface area contributed by atoms with Gasteiger partial charge in [-0.25, -0.2) is 9.98 Å². The second kappa shape index (κ2) is 10.2. The summed E-state index contributed by atoms with van der Waals surface area (Å²) in [7, 11) is 0. The molecule has 0 saturated heterocycles. The van der Waals surface area contributed by atoms with Crippen LogP contribution in [0.25, 0.3) is 0 Å². The third-order valence-corrected chi connectivity index (χ3v) is 4.79. The lowest BCUT2D eigenvalue weighted by Gasteiger charge is -2.13. The molecular weight excluding hydrogens is 344 g/mol. The van der Waals surface area contributed by atoms with Gasteiger partial charge in [-0.05, 0) is 32.8 Å². The van der Waals surface area contributed by atoms with Gasteiger partial charge in [0.2, 0.25) is 0 Å². The van der Waals surface area contributed by atoms with Gasteiger partial charge in [-0.3, -0.25) is 0 Å². The second-order valence-electron chi connectivity index (χ2n) is 6.60. The van der Waals surface area contributed by atoms with E-state index < -0.39 is 0 Å². The van der Waals surface area contributed by atoms with E-state index in [9.17, 15) is 0 Å². The lowest BCUT2D eigenvalue weighted by atomic mass is 10.2. The predicted molar refractivity (Wildman–Crippen MR) is 110 cm³/mol. The number of benzene rings is 1. The minimum absolute atomic E-state index is 0.497. The summed E-state index contributed by atoms with van der Waals surface area (Å²) in [5.74, 6) is 2.21. The van der Waals surface area contributed by atoms with Crippen LogP contribution in [0.4, 0.5) is 0 Å². The molecule has 5 nitrogen and oxygen atoms in total. The second-order valence-corrected chi connectivity index (χ2v) is 7.89. The molecule has 0 bridgehead atoms. The van der Waals surface area contributed by atoms with Gasteiger partial charge in [-0.1, -0.05) is 32.0 Å². The van der Waals surface area contributed by atoms with Crippen LogP contribution in [-0.2, 0) is 13.1 Å². The molecule has 0 spiro atoms. The first-order valence-corrected chi connectivity index (χ1v) is 9.97. The molecule has 2 aromatic rings. The summed E-state index contributed by atoms with van der Waals surface area (Å²) in [6.07, 6.45) is 0. The van der Waals surface area contributed by atoms with Crippen LogP contribution in [0.2, 0.25) is 0 Å². The van der Waals surface area contributed by atoms with Gasteiger partial charge < -0.3 is 15.4 Å². The Bertz CT molecular complexity index is 724. The molecule has 6 heteroatoms. The average Bonchev–Trinajstić information content (AvgIpc) is 2.93. The van der Waals surface area contributed by atoms with Gasteiger partial charge in [0, 0.05) is 17.0 Å². The van der Waals surface area contributed by atoms with Crippen LogP contribution in [0.15, 0.2) is 29.3 Å². The molecule has 1 aromatic heterocycles. The fourth-order valence-electron chi connectivity index (χ4n) is 2.44. The van der Waals surface area contributed by atoms with Crippen molar-refractivity contribution in [1.29, 1.82) is 0 Å². The molecule has 0 aliphatic heterocycles. The van der Waals surface area contributed by atoms with Crippen LogP contribution in [0.3, 0.4) is 0 Å². The first-order chi connectivity index (χ1) is 12.5. The number of aryl methyl sites for hydroxylation is 2. The predicted octanol–water partition coefficient (Wildman–Crippen LogP) is 4.05. The molecule has 2 N–H and O–H groups in total. The minimum Gasteiger partial charge on any atom is -0.493 e. The van der Waals surface area contributed by atoms with E-state index in [1.54, 1.807) is 11.3 Å². The maximum Gasteiger partial charge on any atom is 0.191 e. The smallest absolute Gasteiger partial charge is 0.191 e. The van der Waals surface area contributed by atoms with Crippen molar-refractivity contribution < 1.29 is 4.74 Å². The quantitative estimate of drug-likeness (QED) is 0.541. The molecular formula is C20H30N4OS. The zero-order valence-corrected chi connectivity index (χ0v) is 17.2. The van der Waals surface area contributed by atoms with E-state index in [0.29, 0.717) is 19.1 Å². The normalized spacial score (nSPS) is 11.7. The van der Waals surface area contributed by atoms with E-state index in [0.717, 1.165) is 41.1 Å². The lowest BCUT2D eigenvalue weighted by molar-refractivity contribution is 0.268. The fraction of sp³-hybridized carbons (Fsp3) is 0.500. The molecule has 1 heterocycles. The first-order valence-electron chi connectivity index (χ1n) is 9.15. The number of nitrogens with one attached hydrogen (secondary N) is 2. The Hall–Kier alpha value is -2.08. The highest BCUT2D eigenvalue weighted by Gasteiger charge is 2.07. The zero-order valence-electron chi connectivity index (χ0n) is 16.4. The van der Waals surface area contributed by atoms with Gasteiger partial charge in [0.15, 0.2) is 5.96 Å². The monoisotopic (exact) mass is 374 g/mol. The van der Waals surface area contributed by atoms with Gasteiger partial charge in [0.25, 0.3) is 0 Å². The Labute approximate surface area is 160 Å². The highest BCUT2D eigenvalue weighted by Crippen LogP contribution is 2.20. The van der Waals surface area contributed by atoms with E-state index >= 15 is 0 Å². The van der Waals surface area contributed by atoms with Crippen LogP contribution >= 0.6 is 11.3 Å². The van der Waals surface area contributed by atoms with Gasteiger partial charge in [0.1, 0.15) is 5.75 Å². The molecule has 142 valence electrons. The Balaban J connectivity index is 2.03. The number of hydrogen-bond donors (Lipinski definition) is 2. The van der Waals surface area contributed by atoms with Crippen LogP contribution in [0.1, 0.15) is 41.9 Å². The van der Waals surface area contributed by atoms with Gasteiger partial charge in [0.05, 0.1) is 30.4 Å². The molecule has 0 saturated carbocycles. The van der Waals surface area contributed by atoms with Gasteiger partial charge >= 0.3 is 0 Å². The maximum atomic E-state index is 5.92. The number of rotatable bonds is 8. The molecule has 0 radical (unpaired) electrons. The standard InChI is InChI=1S/C20H30N4OS/c1-6-21-20(23-12-19-15(4)24-16(5)26-19)22-11-17-9-7-8-10-18(17)25-13-14(2)3/h7-10,14H,6,11-13H2,1-5H3,(H2,21,22,23). The summed E-state index contributed by atoms with van der Waals surface area (Å²) in [5.41, 5.74) is 2.18. The molecule has 2 rings (SSSR count). The largest absolute Gasteiger partial charge is 0.493 e. The highest BCUT2D eigenvalue weighted by molar-refractivity contribution is 7.11. The molecule has 1 aromatic carbocycles. The number of aromatic nitrogens is 1. The van der Waals surface area contributed by atoms with Crippen LogP contribution < -0.4 is 15.4 Å². The van der Waals surface area contributed by atoms with Gasteiger partial charge in [-0.2, -0.15) is 0 Å². The Morgan fingerprint density at radius 3 is 2.65 bits per heavy atom. The molecule has 0 fully saturated rings. The summed E-state index contributed by atoms with van der Waals surface area (Å²) in [5, 5.41) is 7.80. The summed E-state index contributed by atoms with van der Waals surface area (Å²) in [6.45, 7) is 13.3. The van der Waals surface area contributed by atoms with E-state index in [-0.39, 0.29) is 0 Å². The van der Waals surface area contributed by atoms with Crippen molar-refractivity contribution in [2.45, 2.75) is 47.7 Å². The number of nitrogens with zero attached hydrogens (tertiary/aromatic N) is 2. The maximum absolute atomic E-state index is 5.92. The van der Waals surface area contributed by atoms with Crippen LogP contribution in [0.5, 0.6) is 5.75 Å². The third kappa shape index (κ3) is 6.33. The van der Waals surface area contributed by atoms with Crippen molar-refractivity contribution in [3.8, 4) is 5.75 Å². The van der Waals surface area contributed by atoms with Crippen molar-refractivity contribution in [1.82, 2.24) is 15.6 Å². The van der Waals surface area contributed by atoms with E-state index in [1.807, 2.05) is 32.0 Å². The van der Waals surface area contributed by atoms with Crippen molar-refractivity contribution >= 4 is 17.3 Å². The van der Waals surface area contributed by atoms with E-state index in [4.69, 9.17) is 9.73 Å². The topological polar surface area (TPSA) is 58.5 Å². The number of thiazole rings is 1. The Kier molecular flexibility index (Phi) is 7.91. The summed E-state index contributed by atoms with van der Waals surface area (Å²) < 4.78 is 5.92. The van der Waals surface area contributed by atoms with Crippen LogP contribution in [-0.4, -0.2) is 24.1 Å². The molecule has 0 aliphatic rings. The minimum atomic E-state index is 0.497. The fourth-order valence-corrected chi connectivity index (χ4v) is 3.32. The molecule has 0 amide bonds. The molecule has 26 heavy (non-hydrogen) atoms. The van der Waals surface area contributed by atoms with E-state index in [1.165, 1.54) is 4.88 Å². The van der Waals surface area contributed by atoms with Crippen molar-refractivity contribution in [3.05, 3.63) is 45.4 Å².